The number of pyridine rings is 2. The molecule has 0 N–H and O–H groups in total. The number of hydrogen-bond acceptors (Lipinski definition) is 2. The number of rotatable bonds is 3. The molecule has 3 nitrogen and oxygen atoms in total. The fraction of sp³-hybridized carbons (Fsp3) is 0.0370. The Bertz CT molecular complexity index is 1390. The van der Waals surface area contributed by atoms with Crippen molar-refractivity contribution in [3.8, 4) is 28.1 Å². The van der Waals surface area contributed by atoms with Gasteiger partial charge < -0.3 is 0 Å². The Balaban J connectivity index is 2.02. The molecular formula is C27H20N2O. The van der Waals surface area contributed by atoms with E-state index in [9.17, 15) is 4.79 Å². The zero-order chi connectivity index (χ0) is 20.5. The third-order valence-corrected chi connectivity index (χ3v) is 5.33. The van der Waals surface area contributed by atoms with Crippen molar-refractivity contribution in [3.63, 3.8) is 0 Å². The van der Waals surface area contributed by atoms with Gasteiger partial charge in [0.2, 0.25) is 0 Å². The van der Waals surface area contributed by atoms with Crippen LogP contribution in [0, 0.1) is 6.92 Å². The van der Waals surface area contributed by atoms with Gasteiger partial charge in [0.05, 0.1) is 11.1 Å². The SMILES string of the molecule is Cc1ccc2c(-c3ccccc3)c(-c3ccccc3)c(=O)n(-c3ccccn3)c2c1. The normalized spacial score (nSPS) is 11.0. The van der Waals surface area contributed by atoms with E-state index in [0.29, 0.717) is 11.4 Å². The molecule has 0 spiro atoms. The zero-order valence-corrected chi connectivity index (χ0v) is 16.6. The highest BCUT2D eigenvalue weighted by atomic mass is 16.1. The number of aromatic nitrogens is 2. The standard InChI is InChI=1S/C27H20N2O/c1-19-15-16-22-23(18-19)29(24-14-8-9-17-28-24)27(30)26(21-12-6-3-7-13-21)25(22)20-10-4-2-5-11-20/h2-18H,1H3. The lowest BCUT2D eigenvalue weighted by Crippen LogP contribution is -2.22. The molecule has 0 atom stereocenters. The molecule has 3 aromatic carbocycles. The second kappa shape index (κ2) is 7.45. The summed E-state index contributed by atoms with van der Waals surface area (Å²) >= 11 is 0. The molecule has 0 aliphatic carbocycles. The molecule has 0 saturated heterocycles. The lowest BCUT2D eigenvalue weighted by Gasteiger charge is -2.18. The molecule has 2 aromatic heterocycles. The summed E-state index contributed by atoms with van der Waals surface area (Å²) in [6, 6.07) is 31.9. The molecule has 0 aliphatic heterocycles. The van der Waals surface area contributed by atoms with Crippen molar-refractivity contribution in [2.45, 2.75) is 6.92 Å². The van der Waals surface area contributed by atoms with Crippen molar-refractivity contribution in [1.29, 1.82) is 0 Å². The van der Waals surface area contributed by atoms with Crippen LogP contribution in [0.3, 0.4) is 0 Å². The quantitative estimate of drug-likeness (QED) is 0.378. The fourth-order valence-electron chi connectivity index (χ4n) is 3.99. The Hall–Kier alpha value is -3.98. The van der Waals surface area contributed by atoms with Crippen LogP contribution >= 0.6 is 0 Å². The third-order valence-electron chi connectivity index (χ3n) is 5.33. The van der Waals surface area contributed by atoms with Crippen molar-refractivity contribution in [2.75, 3.05) is 0 Å². The minimum Gasteiger partial charge on any atom is -0.268 e. The summed E-state index contributed by atoms with van der Waals surface area (Å²) in [6.07, 6.45) is 1.72. The molecule has 2 heterocycles. The molecule has 0 fully saturated rings. The Kier molecular flexibility index (Phi) is 4.49. The minimum absolute atomic E-state index is 0.0724. The molecule has 5 aromatic rings. The number of benzene rings is 3. The van der Waals surface area contributed by atoms with E-state index < -0.39 is 0 Å². The molecule has 0 bridgehead atoms. The van der Waals surface area contributed by atoms with Gasteiger partial charge in [0.1, 0.15) is 5.82 Å². The van der Waals surface area contributed by atoms with Crippen molar-refractivity contribution in [3.05, 3.63) is 119 Å². The lowest BCUT2D eigenvalue weighted by atomic mass is 9.91. The Morgan fingerprint density at radius 2 is 1.33 bits per heavy atom. The van der Waals surface area contributed by atoms with Crippen LogP contribution < -0.4 is 5.56 Å². The zero-order valence-electron chi connectivity index (χ0n) is 16.6. The van der Waals surface area contributed by atoms with Gasteiger partial charge in [0.15, 0.2) is 0 Å². The summed E-state index contributed by atoms with van der Waals surface area (Å²) in [5, 5.41) is 1.02. The molecule has 0 radical (unpaired) electrons. The monoisotopic (exact) mass is 388 g/mol. The average molecular weight is 388 g/mol. The van der Waals surface area contributed by atoms with Gasteiger partial charge in [-0.05, 0) is 41.8 Å². The molecule has 0 aliphatic rings. The fourth-order valence-corrected chi connectivity index (χ4v) is 3.99. The van der Waals surface area contributed by atoms with Crippen LogP contribution in [0.5, 0.6) is 0 Å². The largest absolute Gasteiger partial charge is 0.268 e. The van der Waals surface area contributed by atoms with E-state index in [1.807, 2.05) is 73.7 Å². The van der Waals surface area contributed by atoms with E-state index in [1.165, 1.54) is 0 Å². The Morgan fingerprint density at radius 1 is 0.700 bits per heavy atom. The predicted molar refractivity (Wildman–Crippen MR) is 123 cm³/mol. The maximum absolute atomic E-state index is 14.0. The van der Waals surface area contributed by atoms with Crippen molar-refractivity contribution in [1.82, 2.24) is 9.55 Å². The molecule has 0 amide bonds. The van der Waals surface area contributed by atoms with Crippen LogP contribution in [-0.4, -0.2) is 9.55 Å². The highest BCUT2D eigenvalue weighted by Crippen LogP contribution is 2.36. The predicted octanol–water partition coefficient (Wildman–Crippen LogP) is 6.03. The van der Waals surface area contributed by atoms with Crippen LogP contribution in [0.2, 0.25) is 0 Å². The van der Waals surface area contributed by atoms with Crippen molar-refractivity contribution in [2.24, 2.45) is 0 Å². The maximum Gasteiger partial charge on any atom is 0.265 e. The van der Waals surface area contributed by atoms with E-state index in [-0.39, 0.29) is 5.56 Å². The molecule has 5 rings (SSSR count). The van der Waals surface area contributed by atoms with Gasteiger partial charge in [-0.1, -0.05) is 78.9 Å². The number of nitrogens with zero attached hydrogens (tertiary/aromatic N) is 2. The van der Waals surface area contributed by atoms with Crippen LogP contribution in [0.25, 0.3) is 39.0 Å². The highest BCUT2D eigenvalue weighted by Gasteiger charge is 2.20. The Labute approximate surface area is 174 Å². The van der Waals surface area contributed by atoms with Crippen LogP contribution in [0.4, 0.5) is 0 Å². The minimum atomic E-state index is -0.0724. The first-order chi connectivity index (χ1) is 14.7. The molecular weight excluding hydrogens is 368 g/mol. The van der Waals surface area contributed by atoms with E-state index >= 15 is 0 Å². The Morgan fingerprint density at radius 3 is 1.97 bits per heavy atom. The van der Waals surface area contributed by atoms with Gasteiger partial charge in [-0.15, -0.1) is 0 Å². The summed E-state index contributed by atoms with van der Waals surface area (Å²) in [6.45, 7) is 2.04. The van der Waals surface area contributed by atoms with Gasteiger partial charge in [-0.3, -0.25) is 9.36 Å². The van der Waals surface area contributed by atoms with Crippen LogP contribution in [0.15, 0.2) is 108 Å². The number of aryl methyl sites for hydroxylation is 1. The van der Waals surface area contributed by atoms with Gasteiger partial charge >= 0.3 is 0 Å². The van der Waals surface area contributed by atoms with Gasteiger partial charge in [0.25, 0.3) is 5.56 Å². The highest BCUT2D eigenvalue weighted by molar-refractivity contribution is 6.03. The summed E-state index contributed by atoms with van der Waals surface area (Å²) < 4.78 is 1.73. The van der Waals surface area contributed by atoms with E-state index in [1.54, 1.807) is 10.8 Å². The number of hydrogen-bond donors (Lipinski definition) is 0. The topological polar surface area (TPSA) is 34.9 Å². The molecule has 144 valence electrons. The smallest absolute Gasteiger partial charge is 0.265 e. The maximum atomic E-state index is 14.0. The molecule has 30 heavy (non-hydrogen) atoms. The third kappa shape index (κ3) is 3.01. The first-order valence-corrected chi connectivity index (χ1v) is 9.95. The molecule has 0 saturated carbocycles. The van der Waals surface area contributed by atoms with E-state index in [2.05, 4.69) is 35.3 Å². The van der Waals surface area contributed by atoms with Gasteiger partial charge in [0, 0.05) is 17.1 Å². The van der Waals surface area contributed by atoms with Crippen molar-refractivity contribution < 1.29 is 0 Å². The van der Waals surface area contributed by atoms with Crippen LogP contribution in [0.1, 0.15) is 5.56 Å². The van der Waals surface area contributed by atoms with Crippen LogP contribution in [-0.2, 0) is 0 Å². The van der Waals surface area contributed by atoms with Gasteiger partial charge in [-0.25, -0.2) is 4.98 Å². The summed E-state index contributed by atoms with van der Waals surface area (Å²) in [7, 11) is 0. The number of fused-ring (bicyclic) bond motifs is 1. The lowest BCUT2D eigenvalue weighted by molar-refractivity contribution is 0.986. The first-order valence-electron chi connectivity index (χ1n) is 9.95. The second-order valence-corrected chi connectivity index (χ2v) is 7.33. The van der Waals surface area contributed by atoms with Gasteiger partial charge in [-0.2, -0.15) is 0 Å². The molecule has 3 heteroatoms. The summed E-state index contributed by atoms with van der Waals surface area (Å²) in [5.74, 6) is 0.620. The second-order valence-electron chi connectivity index (χ2n) is 7.33. The average Bonchev–Trinajstić information content (AvgIpc) is 2.80. The first kappa shape index (κ1) is 18.1. The molecule has 0 unspecified atom stereocenters. The van der Waals surface area contributed by atoms with Crippen molar-refractivity contribution >= 4 is 10.9 Å². The van der Waals surface area contributed by atoms with E-state index in [0.717, 1.165) is 33.2 Å². The summed E-state index contributed by atoms with van der Waals surface area (Å²) in [5.41, 5.74) is 5.44. The summed E-state index contributed by atoms with van der Waals surface area (Å²) in [4.78, 5) is 18.5. The van der Waals surface area contributed by atoms with E-state index in [4.69, 9.17) is 0 Å².